The third-order valence-corrected chi connectivity index (χ3v) is 3.75. The second-order valence-corrected chi connectivity index (χ2v) is 5.25. The Hall–Kier alpha value is -0.180. The molecule has 0 spiro atoms. The van der Waals surface area contributed by atoms with Crippen LogP contribution in [-0.4, -0.2) is 21.5 Å². The molecule has 0 saturated carbocycles. The molecule has 0 bridgehead atoms. The fraction of sp³-hybridized carbons (Fsp3) is 0.900. The summed E-state index contributed by atoms with van der Waals surface area (Å²) in [6, 6.07) is 0. The number of hydrogen-bond donors (Lipinski definition) is 0. The van der Waals surface area contributed by atoms with Gasteiger partial charge >= 0.3 is 0 Å². The van der Waals surface area contributed by atoms with E-state index in [-0.39, 0.29) is 5.78 Å². The van der Waals surface area contributed by atoms with Gasteiger partial charge in [0.1, 0.15) is 5.78 Å². The first-order valence-corrected chi connectivity index (χ1v) is 6.39. The van der Waals surface area contributed by atoms with Crippen molar-refractivity contribution in [3.05, 3.63) is 0 Å². The first-order valence-electron chi connectivity index (χ1n) is 4.90. The van der Waals surface area contributed by atoms with Crippen LogP contribution in [0.1, 0.15) is 40.0 Å². The van der Waals surface area contributed by atoms with Crippen molar-refractivity contribution in [2.24, 2.45) is 5.92 Å². The van der Waals surface area contributed by atoms with Gasteiger partial charge in [0.2, 0.25) is 0 Å². The second kappa shape index (κ2) is 7.25. The first-order chi connectivity index (χ1) is 6.06. The Bertz CT molecular complexity index is 178. The number of Topliss-reactive ketones (excluding diaryl/α,β-unsaturated/α-hetero) is 1. The first kappa shape index (κ1) is 12.8. The molecule has 0 saturated heterocycles. The Kier molecular flexibility index (Phi) is 7.14. The molecule has 0 amide bonds. The van der Waals surface area contributed by atoms with Crippen LogP contribution in [0.15, 0.2) is 0 Å². The van der Waals surface area contributed by atoms with Crippen molar-refractivity contribution >= 4 is 16.6 Å². The summed E-state index contributed by atoms with van der Waals surface area (Å²) >= 11 is 0. The van der Waals surface area contributed by atoms with Gasteiger partial charge in [-0.2, -0.15) is 0 Å². The van der Waals surface area contributed by atoms with Crippen molar-refractivity contribution in [3.63, 3.8) is 0 Å². The summed E-state index contributed by atoms with van der Waals surface area (Å²) < 4.78 is 11.4. The molecule has 0 aromatic rings. The molecule has 2 nitrogen and oxygen atoms in total. The maximum absolute atomic E-state index is 11.4. The Morgan fingerprint density at radius 3 is 2.54 bits per heavy atom. The molecule has 0 radical (unpaired) electrons. The SMILES string of the molecule is CCC(C)CS(=O)CCCC(C)=O. The zero-order chi connectivity index (χ0) is 10.3. The zero-order valence-electron chi connectivity index (χ0n) is 8.84. The summed E-state index contributed by atoms with van der Waals surface area (Å²) in [7, 11) is -0.719. The maximum Gasteiger partial charge on any atom is 0.129 e. The van der Waals surface area contributed by atoms with Crippen molar-refractivity contribution in [3.8, 4) is 0 Å². The van der Waals surface area contributed by atoms with Crippen LogP contribution >= 0.6 is 0 Å². The molecule has 0 fully saturated rings. The minimum absolute atomic E-state index is 0.195. The lowest BCUT2D eigenvalue weighted by atomic mass is 10.2. The molecule has 2 unspecified atom stereocenters. The predicted octanol–water partition coefficient (Wildman–Crippen LogP) is 2.15. The minimum Gasteiger partial charge on any atom is -0.300 e. The van der Waals surface area contributed by atoms with Crippen LogP contribution in [0.3, 0.4) is 0 Å². The Labute approximate surface area is 83.6 Å². The molecule has 0 N–H and O–H groups in total. The average Bonchev–Trinajstić information content (AvgIpc) is 2.03. The van der Waals surface area contributed by atoms with E-state index in [4.69, 9.17) is 0 Å². The van der Waals surface area contributed by atoms with Crippen LogP contribution < -0.4 is 0 Å². The highest BCUT2D eigenvalue weighted by molar-refractivity contribution is 7.84. The summed E-state index contributed by atoms with van der Waals surface area (Å²) in [5, 5.41) is 0. The molecular formula is C10H20O2S. The quantitative estimate of drug-likeness (QED) is 0.637. The van der Waals surface area contributed by atoms with Gasteiger partial charge in [-0.05, 0) is 19.3 Å². The summed E-state index contributed by atoms with van der Waals surface area (Å²) in [6.07, 6.45) is 2.43. The number of hydrogen-bond acceptors (Lipinski definition) is 2. The third-order valence-electron chi connectivity index (χ3n) is 2.07. The fourth-order valence-corrected chi connectivity index (χ4v) is 2.50. The topological polar surface area (TPSA) is 34.1 Å². The molecule has 0 rings (SSSR count). The lowest BCUT2D eigenvalue weighted by Crippen LogP contribution is -2.10. The summed E-state index contributed by atoms with van der Waals surface area (Å²) in [4.78, 5) is 10.6. The van der Waals surface area contributed by atoms with Gasteiger partial charge in [0, 0.05) is 28.7 Å². The van der Waals surface area contributed by atoms with E-state index in [0.29, 0.717) is 18.1 Å². The molecule has 3 heteroatoms. The van der Waals surface area contributed by atoms with E-state index in [0.717, 1.165) is 18.6 Å². The second-order valence-electron chi connectivity index (χ2n) is 3.63. The predicted molar refractivity (Wildman–Crippen MR) is 57.2 cm³/mol. The standard InChI is InChI=1S/C10H20O2S/c1-4-9(2)8-13(12)7-5-6-10(3)11/h9H,4-8H2,1-3H3. The van der Waals surface area contributed by atoms with Crippen LogP contribution in [0.25, 0.3) is 0 Å². The fourth-order valence-electron chi connectivity index (χ4n) is 1.00. The monoisotopic (exact) mass is 204 g/mol. The maximum atomic E-state index is 11.4. The van der Waals surface area contributed by atoms with Gasteiger partial charge in [0.25, 0.3) is 0 Å². The molecule has 0 aliphatic rings. The minimum atomic E-state index is -0.719. The highest BCUT2D eigenvalue weighted by atomic mass is 32.2. The highest BCUT2D eigenvalue weighted by Crippen LogP contribution is 2.04. The normalized spacial score (nSPS) is 15.3. The largest absolute Gasteiger partial charge is 0.300 e. The van der Waals surface area contributed by atoms with Crippen LogP contribution in [0.5, 0.6) is 0 Å². The van der Waals surface area contributed by atoms with Crippen LogP contribution in [0, 0.1) is 5.92 Å². The lowest BCUT2D eigenvalue weighted by molar-refractivity contribution is -0.117. The molecule has 13 heavy (non-hydrogen) atoms. The summed E-state index contributed by atoms with van der Waals surface area (Å²) in [6.45, 7) is 5.80. The van der Waals surface area contributed by atoms with E-state index >= 15 is 0 Å². The molecule has 0 aromatic carbocycles. The van der Waals surface area contributed by atoms with Crippen LogP contribution in [0.4, 0.5) is 0 Å². The van der Waals surface area contributed by atoms with Gasteiger partial charge in [-0.1, -0.05) is 20.3 Å². The third kappa shape index (κ3) is 8.16. The van der Waals surface area contributed by atoms with Crippen molar-refractivity contribution in [2.45, 2.75) is 40.0 Å². The average molecular weight is 204 g/mol. The van der Waals surface area contributed by atoms with E-state index in [1.54, 1.807) is 6.92 Å². The van der Waals surface area contributed by atoms with E-state index in [1.165, 1.54) is 0 Å². The van der Waals surface area contributed by atoms with E-state index < -0.39 is 10.8 Å². The molecule has 2 atom stereocenters. The molecule has 0 aliphatic carbocycles. The molecular weight excluding hydrogens is 184 g/mol. The van der Waals surface area contributed by atoms with E-state index in [1.807, 2.05) is 0 Å². The van der Waals surface area contributed by atoms with Crippen molar-refractivity contribution < 1.29 is 9.00 Å². The van der Waals surface area contributed by atoms with E-state index in [2.05, 4.69) is 13.8 Å². The number of ketones is 1. The van der Waals surface area contributed by atoms with Gasteiger partial charge < -0.3 is 4.79 Å². The van der Waals surface area contributed by atoms with Gasteiger partial charge in [0.05, 0.1) is 0 Å². The van der Waals surface area contributed by atoms with Gasteiger partial charge in [-0.3, -0.25) is 4.21 Å². The highest BCUT2D eigenvalue weighted by Gasteiger charge is 2.05. The molecule has 0 heterocycles. The zero-order valence-corrected chi connectivity index (χ0v) is 9.65. The van der Waals surface area contributed by atoms with Crippen LogP contribution in [0.2, 0.25) is 0 Å². The van der Waals surface area contributed by atoms with E-state index in [9.17, 15) is 9.00 Å². The number of carbonyl (C=O) groups is 1. The molecule has 0 aromatic heterocycles. The molecule has 78 valence electrons. The Morgan fingerprint density at radius 2 is 2.08 bits per heavy atom. The van der Waals surface area contributed by atoms with Gasteiger partial charge in [0.15, 0.2) is 0 Å². The Morgan fingerprint density at radius 1 is 1.46 bits per heavy atom. The smallest absolute Gasteiger partial charge is 0.129 e. The van der Waals surface area contributed by atoms with Gasteiger partial charge in [-0.15, -0.1) is 0 Å². The van der Waals surface area contributed by atoms with Crippen LogP contribution in [-0.2, 0) is 15.6 Å². The molecule has 0 aliphatic heterocycles. The Balaban J connectivity index is 3.46. The van der Waals surface area contributed by atoms with Crippen molar-refractivity contribution in [2.75, 3.05) is 11.5 Å². The number of rotatable bonds is 7. The summed E-state index contributed by atoms with van der Waals surface area (Å²) in [5.74, 6) is 2.21. The van der Waals surface area contributed by atoms with Crippen molar-refractivity contribution in [1.29, 1.82) is 0 Å². The van der Waals surface area contributed by atoms with Crippen molar-refractivity contribution in [1.82, 2.24) is 0 Å². The number of carbonyl (C=O) groups excluding carboxylic acids is 1. The summed E-state index contributed by atoms with van der Waals surface area (Å²) in [5.41, 5.74) is 0. The lowest BCUT2D eigenvalue weighted by Gasteiger charge is -2.07. The van der Waals surface area contributed by atoms with Gasteiger partial charge in [-0.25, -0.2) is 0 Å².